The molecule has 4 fully saturated rings. The van der Waals surface area contributed by atoms with E-state index in [2.05, 4.69) is 10.6 Å². The summed E-state index contributed by atoms with van der Waals surface area (Å²) in [5.74, 6) is -7.19. The molecule has 1 saturated carbocycles. The number of piperidine rings is 3. The Morgan fingerprint density at radius 2 is 1.93 bits per heavy atom. The summed E-state index contributed by atoms with van der Waals surface area (Å²) in [7, 11) is 0. The molecule has 214 valence electrons. The lowest BCUT2D eigenvalue weighted by atomic mass is 9.70. The molecule has 2 aromatic carbocycles. The summed E-state index contributed by atoms with van der Waals surface area (Å²) < 4.78 is 30.6. The van der Waals surface area contributed by atoms with Crippen LogP contribution in [-0.2, 0) is 20.0 Å². The summed E-state index contributed by atoms with van der Waals surface area (Å²) in [5.41, 5.74) is -0.546. The number of hydrogen-bond donors (Lipinski definition) is 3. The third-order valence-corrected chi connectivity index (χ3v) is 9.35. The molecule has 3 aliphatic heterocycles. The van der Waals surface area contributed by atoms with E-state index in [0.717, 1.165) is 11.3 Å². The third kappa shape index (κ3) is 4.37. The third-order valence-electron chi connectivity index (χ3n) is 9.12. The number of halogens is 3. The minimum atomic E-state index is -3.22. The average Bonchev–Trinajstić information content (AvgIpc) is 3.21. The summed E-state index contributed by atoms with van der Waals surface area (Å²) in [6.07, 6.45) is 0.943. The second kappa shape index (κ2) is 10.1. The molecule has 0 radical (unpaired) electrons. The van der Waals surface area contributed by atoms with Gasteiger partial charge < -0.3 is 20.6 Å². The van der Waals surface area contributed by atoms with Gasteiger partial charge in [0.05, 0.1) is 12.0 Å². The Balaban J connectivity index is 1.36. The zero-order chi connectivity index (χ0) is 29.1. The summed E-state index contributed by atoms with van der Waals surface area (Å²) in [6, 6.07) is 9.88. The quantitative estimate of drug-likeness (QED) is 0.498. The van der Waals surface area contributed by atoms with Crippen molar-refractivity contribution in [3.05, 3.63) is 58.6 Å². The van der Waals surface area contributed by atoms with Crippen molar-refractivity contribution in [2.75, 3.05) is 6.54 Å². The number of nitrogens with one attached hydrogen (secondary N) is 2. The monoisotopic (exact) mass is 582 g/mol. The number of nitrogens with zero attached hydrogens (tertiary/aromatic N) is 2. The molecule has 0 spiro atoms. The van der Waals surface area contributed by atoms with Gasteiger partial charge >= 0.3 is 0 Å². The molecule has 3 N–H and O–H groups in total. The first-order valence-electron chi connectivity index (χ1n) is 13.9. The first kappa shape index (κ1) is 27.6. The molecule has 2 bridgehead atoms. The van der Waals surface area contributed by atoms with Crippen molar-refractivity contribution in [2.45, 2.75) is 68.2 Å². The Morgan fingerprint density at radius 1 is 1.17 bits per heavy atom. The second-order valence-electron chi connectivity index (χ2n) is 11.5. The van der Waals surface area contributed by atoms with E-state index >= 15 is 8.78 Å². The molecule has 11 heteroatoms. The van der Waals surface area contributed by atoms with Crippen molar-refractivity contribution in [3.8, 4) is 17.2 Å². The number of alkyl halides is 2. The highest BCUT2D eigenvalue weighted by atomic mass is 35.5. The summed E-state index contributed by atoms with van der Waals surface area (Å²) in [4.78, 5) is 41.6. The lowest BCUT2D eigenvalue weighted by molar-refractivity contribution is -0.201. The van der Waals surface area contributed by atoms with Crippen LogP contribution in [0.1, 0.15) is 49.7 Å². The molecule has 41 heavy (non-hydrogen) atoms. The summed E-state index contributed by atoms with van der Waals surface area (Å²) in [6.45, 7) is 0.538. The maximum absolute atomic E-state index is 15.3. The highest BCUT2D eigenvalue weighted by Crippen LogP contribution is 2.54. The van der Waals surface area contributed by atoms with Crippen LogP contribution in [0.2, 0.25) is 5.02 Å². The molecular formula is C30H29ClF2N4O4. The van der Waals surface area contributed by atoms with Gasteiger partial charge in [0.1, 0.15) is 12.1 Å². The average molecular weight is 583 g/mol. The van der Waals surface area contributed by atoms with Gasteiger partial charge in [0.15, 0.2) is 5.60 Å². The number of carbonyl (C=O) groups excluding carboxylic acids is 3. The van der Waals surface area contributed by atoms with Crippen molar-refractivity contribution in [1.82, 2.24) is 15.5 Å². The van der Waals surface area contributed by atoms with Gasteiger partial charge in [0.25, 0.3) is 11.8 Å². The number of carbonyl (C=O) groups is 3. The van der Waals surface area contributed by atoms with Crippen LogP contribution in [0.4, 0.5) is 8.78 Å². The van der Waals surface area contributed by atoms with E-state index in [0.29, 0.717) is 24.1 Å². The van der Waals surface area contributed by atoms with Crippen LogP contribution >= 0.6 is 11.6 Å². The Hall–Kier alpha value is -3.55. The summed E-state index contributed by atoms with van der Waals surface area (Å²) in [5, 5.41) is 27.6. The van der Waals surface area contributed by atoms with E-state index in [-0.39, 0.29) is 41.3 Å². The maximum Gasteiger partial charge on any atom is 0.264 e. The predicted molar refractivity (Wildman–Crippen MR) is 144 cm³/mol. The molecular weight excluding hydrogens is 554 g/mol. The predicted octanol–water partition coefficient (Wildman–Crippen LogP) is 3.50. The fraction of sp³-hybridized carbons (Fsp3) is 0.467. The van der Waals surface area contributed by atoms with Gasteiger partial charge in [-0.25, -0.2) is 8.78 Å². The van der Waals surface area contributed by atoms with Crippen molar-refractivity contribution in [3.63, 3.8) is 0 Å². The number of benzene rings is 2. The molecule has 2 aromatic rings. The highest BCUT2D eigenvalue weighted by Gasteiger charge is 2.63. The van der Waals surface area contributed by atoms with E-state index in [4.69, 9.17) is 11.6 Å². The molecule has 6 atom stereocenters. The number of hydrogen-bond acceptors (Lipinski definition) is 5. The normalized spacial score (nSPS) is 30.0. The molecule has 8 nitrogen and oxygen atoms in total. The SMILES string of the molecule is N#C[C@@H](C[C@@H]1CCCNC1=O)NC(=O)[C@H]1[C@H]2CC[C@H](CC2(F)F)N1C(=O)[C@@]1(O)c2ccccc2-c2ccc(Cl)cc21. The maximum atomic E-state index is 15.3. The van der Waals surface area contributed by atoms with E-state index < -0.39 is 59.7 Å². The van der Waals surface area contributed by atoms with Gasteiger partial charge in [-0.3, -0.25) is 14.4 Å². The number of amides is 3. The van der Waals surface area contributed by atoms with E-state index in [1.165, 1.54) is 6.07 Å². The van der Waals surface area contributed by atoms with Crippen molar-refractivity contribution >= 4 is 29.3 Å². The number of aliphatic hydroxyl groups is 1. The molecule has 3 heterocycles. The number of fused-ring (bicyclic) bond motifs is 6. The van der Waals surface area contributed by atoms with Crippen molar-refractivity contribution < 1.29 is 28.3 Å². The summed E-state index contributed by atoms with van der Waals surface area (Å²) >= 11 is 6.27. The smallest absolute Gasteiger partial charge is 0.264 e. The van der Waals surface area contributed by atoms with Crippen molar-refractivity contribution in [2.24, 2.45) is 11.8 Å². The van der Waals surface area contributed by atoms with Crippen LogP contribution in [0.3, 0.4) is 0 Å². The van der Waals surface area contributed by atoms with Gasteiger partial charge in [-0.2, -0.15) is 5.26 Å². The van der Waals surface area contributed by atoms with Gasteiger partial charge in [0.2, 0.25) is 11.8 Å². The van der Waals surface area contributed by atoms with Crippen LogP contribution in [-0.4, -0.2) is 58.3 Å². The van der Waals surface area contributed by atoms with E-state index in [1.807, 2.05) is 6.07 Å². The largest absolute Gasteiger partial charge is 0.372 e. The highest BCUT2D eigenvalue weighted by molar-refractivity contribution is 6.31. The first-order chi connectivity index (χ1) is 19.6. The minimum absolute atomic E-state index is 0.0131. The topological polar surface area (TPSA) is 123 Å². The molecule has 3 amide bonds. The van der Waals surface area contributed by atoms with Crippen LogP contribution in [0.15, 0.2) is 42.5 Å². The molecule has 0 unspecified atom stereocenters. The molecule has 0 aromatic heterocycles. The van der Waals surface area contributed by atoms with Crippen LogP contribution in [0.5, 0.6) is 0 Å². The molecule has 2 aliphatic carbocycles. The lowest BCUT2D eigenvalue weighted by Gasteiger charge is -2.54. The second-order valence-corrected chi connectivity index (χ2v) is 11.9. The van der Waals surface area contributed by atoms with Crippen molar-refractivity contribution in [1.29, 1.82) is 5.26 Å². The Labute approximate surface area is 240 Å². The zero-order valence-corrected chi connectivity index (χ0v) is 22.8. The standard InChI is InChI=1S/C30H29ClF2N4O4/c31-17-7-9-21-20-5-1-2-6-22(20)30(41,24(21)13-17)28(40)37-19-8-10-23(29(32,33)14-19)25(37)27(39)36-18(15-34)12-16-4-3-11-35-26(16)38/h1-2,5-7,9,13,16,18-19,23,25,41H,3-4,8,10-12,14H2,(H,35,38)(H,36,39)/t16-,18+,19+,23+,25+,30+/m0/s1. The van der Waals surface area contributed by atoms with Crippen LogP contribution < -0.4 is 10.6 Å². The molecule has 3 saturated heterocycles. The lowest BCUT2D eigenvalue weighted by Crippen LogP contribution is -2.70. The Bertz CT molecular complexity index is 1480. The van der Waals surface area contributed by atoms with E-state index in [9.17, 15) is 24.8 Å². The van der Waals surface area contributed by atoms with Crippen LogP contribution in [0, 0.1) is 23.2 Å². The van der Waals surface area contributed by atoms with E-state index in [1.54, 1.807) is 36.4 Å². The Kier molecular flexibility index (Phi) is 6.78. The fourth-order valence-electron chi connectivity index (χ4n) is 7.19. The number of rotatable bonds is 5. The molecule has 5 aliphatic rings. The van der Waals surface area contributed by atoms with Gasteiger partial charge in [0, 0.05) is 41.1 Å². The fourth-order valence-corrected chi connectivity index (χ4v) is 7.36. The first-order valence-corrected chi connectivity index (χ1v) is 14.2. The Morgan fingerprint density at radius 3 is 2.66 bits per heavy atom. The number of nitriles is 1. The van der Waals surface area contributed by atoms with Gasteiger partial charge in [-0.1, -0.05) is 41.9 Å². The van der Waals surface area contributed by atoms with Crippen LogP contribution in [0.25, 0.3) is 11.1 Å². The van der Waals surface area contributed by atoms with Gasteiger partial charge in [-0.15, -0.1) is 0 Å². The van der Waals surface area contributed by atoms with Gasteiger partial charge in [-0.05, 0) is 55.4 Å². The minimum Gasteiger partial charge on any atom is -0.372 e. The zero-order valence-electron chi connectivity index (χ0n) is 22.1. The molecule has 7 rings (SSSR count).